The standard InChI is InChI=1S/C19H15FN4O3S/c20-17-10-16(6-7-18(17)24-9-1-8-22-24)23-19(25)13-28(26,27)12-15-4-2-14(11-21)3-5-15/h1-10H,12-13H2,(H,23,25). The summed E-state index contributed by atoms with van der Waals surface area (Å²) < 4.78 is 40.0. The van der Waals surface area contributed by atoms with Crippen LogP contribution in [0.4, 0.5) is 10.1 Å². The average Bonchev–Trinajstić information content (AvgIpc) is 3.16. The van der Waals surface area contributed by atoms with E-state index in [1.165, 1.54) is 47.3 Å². The first-order valence-electron chi connectivity index (χ1n) is 8.15. The van der Waals surface area contributed by atoms with E-state index in [2.05, 4.69) is 10.4 Å². The van der Waals surface area contributed by atoms with Crippen LogP contribution in [0.3, 0.4) is 0 Å². The monoisotopic (exact) mass is 398 g/mol. The van der Waals surface area contributed by atoms with Crippen molar-refractivity contribution >= 4 is 21.4 Å². The van der Waals surface area contributed by atoms with Crippen molar-refractivity contribution in [2.45, 2.75) is 5.75 Å². The van der Waals surface area contributed by atoms with Crippen LogP contribution in [0.2, 0.25) is 0 Å². The molecule has 7 nitrogen and oxygen atoms in total. The zero-order valence-corrected chi connectivity index (χ0v) is 15.4. The predicted molar refractivity (Wildman–Crippen MR) is 101 cm³/mol. The van der Waals surface area contributed by atoms with E-state index in [1.807, 2.05) is 6.07 Å². The number of aromatic nitrogens is 2. The molecule has 0 aliphatic carbocycles. The number of nitrogens with zero attached hydrogens (tertiary/aromatic N) is 3. The summed E-state index contributed by atoms with van der Waals surface area (Å²) in [4.78, 5) is 12.1. The van der Waals surface area contributed by atoms with Crippen LogP contribution in [0.25, 0.3) is 5.69 Å². The summed E-state index contributed by atoms with van der Waals surface area (Å²) in [6.45, 7) is 0. The number of nitriles is 1. The molecule has 0 fully saturated rings. The fourth-order valence-corrected chi connectivity index (χ4v) is 3.83. The van der Waals surface area contributed by atoms with Crippen molar-refractivity contribution in [3.63, 3.8) is 0 Å². The van der Waals surface area contributed by atoms with Crippen molar-refractivity contribution in [3.8, 4) is 11.8 Å². The molecule has 9 heteroatoms. The first-order valence-corrected chi connectivity index (χ1v) is 9.97. The fraction of sp³-hybridized carbons (Fsp3) is 0.105. The molecule has 3 rings (SSSR count). The van der Waals surface area contributed by atoms with Gasteiger partial charge >= 0.3 is 0 Å². The number of sulfone groups is 1. The van der Waals surface area contributed by atoms with Gasteiger partial charge in [0.05, 0.1) is 17.4 Å². The van der Waals surface area contributed by atoms with Crippen molar-refractivity contribution in [2.75, 3.05) is 11.1 Å². The minimum Gasteiger partial charge on any atom is -0.325 e. The Hall–Kier alpha value is -3.51. The summed E-state index contributed by atoms with van der Waals surface area (Å²) in [6.07, 6.45) is 3.08. The number of rotatable bonds is 6. The van der Waals surface area contributed by atoms with Gasteiger partial charge in [0.2, 0.25) is 5.91 Å². The third kappa shape index (κ3) is 4.81. The summed E-state index contributed by atoms with van der Waals surface area (Å²) in [5.74, 6) is -2.45. The molecule has 1 amide bonds. The van der Waals surface area contributed by atoms with Crippen LogP contribution in [0.15, 0.2) is 60.9 Å². The lowest BCUT2D eigenvalue weighted by Gasteiger charge is -2.09. The second kappa shape index (κ2) is 8.02. The van der Waals surface area contributed by atoms with Crippen LogP contribution in [0, 0.1) is 17.1 Å². The number of anilines is 1. The maximum absolute atomic E-state index is 14.2. The highest BCUT2D eigenvalue weighted by Gasteiger charge is 2.18. The highest BCUT2D eigenvalue weighted by molar-refractivity contribution is 7.91. The molecule has 0 saturated carbocycles. The van der Waals surface area contributed by atoms with Crippen molar-refractivity contribution < 1.29 is 17.6 Å². The van der Waals surface area contributed by atoms with Gasteiger partial charge in [-0.15, -0.1) is 0 Å². The van der Waals surface area contributed by atoms with Crippen LogP contribution in [-0.4, -0.2) is 29.9 Å². The highest BCUT2D eigenvalue weighted by Crippen LogP contribution is 2.18. The van der Waals surface area contributed by atoms with E-state index < -0.39 is 27.3 Å². The number of carbonyl (C=O) groups excluding carboxylic acids is 1. The van der Waals surface area contributed by atoms with Gasteiger partial charge in [0.25, 0.3) is 0 Å². The van der Waals surface area contributed by atoms with E-state index in [0.717, 1.165) is 6.07 Å². The smallest absolute Gasteiger partial charge is 0.239 e. The van der Waals surface area contributed by atoms with Gasteiger partial charge in [-0.2, -0.15) is 10.4 Å². The maximum Gasteiger partial charge on any atom is 0.239 e. The molecular formula is C19H15FN4O3S. The molecule has 0 aliphatic rings. The van der Waals surface area contributed by atoms with Gasteiger partial charge in [0.15, 0.2) is 15.7 Å². The molecular weight excluding hydrogens is 383 g/mol. The van der Waals surface area contributed by atoms with Crippen LogP contribution < -0.4 is 5.32 Å². The minimum absolute atomic E-state index is 0.145. The number of benzene rings is 2. The lowest BCUT2D eigenvalue weighted by molar-refractivity contribution is -0.113. The molecule has 0 bridgehead atoms. The minimum atomic E-state index is -3.73. The summed E-state index contributed by atoms with van der Waals surface area (Å²) in [6, 6.07) is 13.7. The largest absolute Gasteiger partial charge is 0.325 e. The normalized spacial score (nSPS) is 11.0. The van der Waals surface area contributed by atoms with Gasteiger partial charge < -0.3 is 5.32 Å². The Morgan fingerprint density at radius 2 is 1.96 bits per heavy atom. The van der Waals surface area contributed by atoms with Crippen LogP contribution in [-0.2, 0) is 20.4 Å². The zero-order valence-electron chi connectivity index (χ0n) is 14.5. The SMILES string of the molecule is N#Cc1ccc(CS(=O)(=O)CC(=O)Nc2ccc(-n3cccn3)c(F)c2)cc1. The molecule has 1 N–H and O–H groups in total. The average molecular weight is 398 g/mol. The predicted octanol–water partition coefficient (Wildman–Crippen LogP) is 2.44. The third-order valence-corrected chi connectivity index (χ3v) is 5.28. The molecule has 0 atom stereocenters. The molecule has 1 aromatic heterocycles. The molecule has 0 saturated heterocycles. The topological polar surface area (TPSA) is 105 Å². The Morgan fingerprint density at radius 3 is 2.57 bits per heavy atom. The summed E-state index contributed by atoms with van der Waals surface area (Å²) in [5.41, 5.74) is 1.24. The van der Waals surface area contributed by atoms with E-state index in [1.54, 1.807) is 12.3 Å². The van der Waals surface area contributed by atoms with Crippen molar-refractivity contribution in [1.29, 1.82) is 5.26 Å². The number of hydrogen-bond acceptors (Lipinski definition) is 5. The Kier molecular flexibility index (Phi) is 5.52. The molecule has 0 aliphatic heterocycles. The van der Waals surface area contributed by atoms with E-state index in [-0.39, 0.29) is 17.1 Å². The van der Waals surface area contributed by atoms with E-state index in [4.69, 9.17) is 5.26 Å². The number of carbonyl (C=O) groups is 1. The van der Waals surface area contributed by atoms with E-state index in [9.17, 15) is 17.6 Å². The Balaban J connectivity index is 1.64. The van der Waals surface area contributed by atoms with Crippen LogP contribution >= 0.6 is 0 Å². The highest BCUT2D eigenvalue weighted by atomic mass is 32.2. The lowest BCUT2D eigenvalue weighted by Crippen LogP contribution is -2.24. The van der Waals surface area contributed by atoms with Crippen molar-refractivity contribution in [1.82, 2.24) is 9.78 Å². The Labute approximate surface area is 161 Å². The third-order valence-electron chi connectivity index (χ3n) is 3.80. The molecule has 0 spiro atoms. The maximum atomic E-state index is 14.2. The molecule has 2 aromatic carbocycles. The summed E-state index contributed by atoms with van der Waals surface area (Å²) >= 11 is 0. The zero-order chi connectivity index (χ0) is 20.1. The van der Waals surface area contributed by atoms with Crippen molar-refractivity contribution in [2.24, 2.45) is 0 Å². The number of amides is 1. The first-order chi connectivity index (χ1) is 13.4. The van der Waals surface area contributed by atoms with Crippen molar-refractivity contribution in [3.05, 3.63) is 77.9 Å². The van der Waals surface area contributed by atoms with E-state index >= 15 is 0 Å². The second-order valence-corrected chi connectivity index (χ2v) is 8.07. The fourth-order valence-electron chi connectivity index (χ4n) is 2.56. The molecule has 0 unspecified atom stereocenters. The van der Waals surface area contributed by atoms with E-state index in [0.29, 0.717) is 11.1 Å². The molecule has 0 radical (unpaired) electrons. The number of hydrogen-bond donors (Lipinski definition) is 1. The Bertz CT molecular complexity index is 1130. The number of nitrogens with one attached hydrogen (secondary N) is 1. The summed E-state index contributed by atoms with van der Waals surface area (Å²) in [7, 11) is -3.73. The van der Waals surface area contributed by atoms with Gasteiger partial charge in [-0.05, 0) is 42.0 Å². The second-order valence-electron chi connectivity index (χ2n) is 6.01. The van der Waals surface area contributed by atoms with Gasteiger partial charge in [-0.3, -0.25) is 4.79 Å². The molecule has 3 aromatic rings. The molecule has 142 valence electrons. The quantitative estimate of drug-likeness (QED) is 0.687. The number of halogens is 1. The van der Waals surface area contributed by atoms with Gasteiger partial charge in [-0.1, -0.05) is 12.1 Å². The van der Waals surface area contributed by atoms with Crippen LogP contribution in [0.1, 0.15) is 11.1 Å². The summed E-state index contributed by atoms with van der Waals surface area (Å²) in [5, 5.41) is 15.1. The lowest BCUT2D eigenvalue weighted by atomic mass is 10.2. The first kappa shape index (κ1) is 19.3. The molecule has 28 heavy (non-hydrogen) atoms. The Morgan fingerprint density at radius 1 is 1.21 bits per heavy atom. The van der Waals surface area contributed by atoms with Crippen LogP contribution in [0.5, 0.6) is 0 Å². The van der Waals surface area contributed by atoms with Gasteiger partial charge in [0.1, 0.15) is 11.4 Å². The van der Waals surface area contributed by atoms with Gasteiger partial charge in [-0.25, -0.2) is 17.5 Å². The molecule has 1 heterocycles. The van der Waals surface area contributed by atoms with Gasteiger partial charge in [0, 0.05) is 18.1 Å².